The van der Waals surface area contributed by atoms with Gasteiger partial charge in [0.05, 0.1) is 12.7 Å². The summed E-state index contributed by atoms with van der Waals surface area (Å²) in [5.74, 6) is 0. The lowest BCUT2D eigenvalue weighted by Gasteiger charge is -2.38. The Balaban J connectivity index is 2.21. The summed E-state index contributed by atoms with van der Waals surface area (Å²) in [5.41, 5.74) is 0. The Morgan fingerprint density at radius 1 is 1.25 bits per heavy atom. The molecule has 0 saturated carbocycles. The number of hydrogen-bond acceptors (Lipinski definition) is 3. The Morgan fingerprint density at radius 2 is 1.94 bits per heavy atom. The van der Waals surface area contributed by atoms with Crippen LogP contribution in [0.5, 0.6) is 0 Å². The van der Waals surface area contributed by atoms with Crippen molar-refractivity contribution in [3.63, 3.8) is 0 Å². The SMILES string of the molecule is CCN(CC)CCCN1CCO[C@@H](C)[C@H]1C. The minimum absolute atomic E-state index is 0.391. The number of hydrogen-bond donors (Lipinski definition) is 0. The number of ether oxygens (including phenoxy) is 1. The van der Waals surface area contributed by atoms with E-state index in [9.17, 15) is 0 Å². The predicted molar refractivity (Wildman–Crippen MR) is 68.9 cm³/mol. The highest BCUT2D eigenvalue weighted by atomic mass is 16.5. The molecule has 1 rings (SSSR count). The maximum absolute atomic E-state index is 5.64. The minimum Gasteiger partial charge on any atom is -0.376 e. The molecule has 0 N–H and O–H groups in total. The third-order valence-electron chi connectivity index (χ3n) is 3.83. The Labute approximate surface area is 101 Å². The van der Waals surface area contributed by atoms with E-state index in [0.717, 1.165) is 13.2 Å². The molecular formula is C13H28N2O. The first-order valence-corrected chi connectivity index (χ1v) is 6.77. The average Bonchev–Trinajstić information content (AvgIpc) is 2.30. The second-order valence-electron chi connectivity index (χ2n) is 4.73. The van der Waals surface area contributed by atoms with Gasteiger partial charge in [-0.15, -0.1) is 0 Å². The minimum atomic E-state index is 0.391. The van der Waals surface area contributed by atoms with Gasteiger partial charge in [0.2, 0.25) is 0 Å². The molecule has 1 fully saturated rings. The van der Waals surface area contributed by atoms with Gasteiger partial charge < -0.3 is 9.64 Å². The molecular weight excluding hydrogens is 200 g/mol. The van der Waals surface area contributed by atoms with Crippen LogP contribution in [0.25, 0.3) is 0 Å². The lowest BCUT2D eigenvalue weighted by Crippen LogP contribution is -2.49. The third kappa shape index (κ3) is 4.04. The Bertz CT molecular complexity index is 183. The molecule has 1 aliphatic rings. The van der Waals surface area contributed by atoms with E-state index in [1.807, 2.05) is 0 Å². The van der Waals surface area contributed by atoms with Crippen molar-refractivity contribution in [3.05, 3.63) is 0 Å². The summed E-state index contributed by atoms with van der Waals surface area (Å²) in [6, 6.07) is 0.574. The van der Waals surface area contributed by atoms with Crippen molar-refractivity contribution in [2.75, 3.05) is 39.3 Å². The zero-order valence-corrected chi connectivity index (χ0v) is 11.4. The first-order valence-electron chi connectivity index (χ1n) is 6.77. The fourth-order valence-corrected chi connectivity index (χ4v) is 2.35. The normalized spacial score (nSPS) is 27.6. The zero-order valence-electron chi connectivity index (χ0n) is 11.4. The van der Waals surface area contributed by atoms with E-state index >= 15 is 0 Å². The van der Waals surface area contributed by atoms with E-state index in [1.165, 1.54) is 32.6 Å². The van der Waals surface area contributed by atoms with E-state index < -0.39 is 0 Å². The number of morpholine rings is 1. The first kappa shape index (κ1) is 13.9. The van der Waals surface area contributed by atoms with Crippen molar-refractivity contribution in [1.29, 1.82) is 0 Å². The first-order chi connectivity index (χ1) is 7.69. The van der Waals surface area contributed by atoms with Gasteiger partial charge >= 0.3 is 0 Å². The van der Waals surface area contributed by atoms with E-state index in [0.29, 0.717) is 12.1 Å². The molecule has 0 aromatic carbocycles. The summed E-state index contributed by atoms with van der Waals surface area (Å²) in [6.07, 6.45) is 1.67. The van der Waals surface area contributed by atoms with E-state index in [1.54, 1.807) is 0 Å². The fraction of sp³-hybridized carbons (Fsp3) is 1.00. The second-order valence-corrected chi connectivity index (χ2v) is 4.73. The van der Waals surface area contributed by atoms with Gasteiger partial charge in [0.1, 0.15) is 0 Å². The quantitative estimate of drug-likeness (QED) is 0.690. The average molecular weight is 228 g/mol. The van der Waals surface area contributed by atoms with Crippen molar-refractivity contribution in [3.8, 4) is 0 Å². The van der Waals surface area contributed by atoms with Crippen LogP contribution >= 0.6 is 0 Å². The molecule has 1 aliphatic heterocycles. The summed E-state index contributed by atoms with van der Waals surface area (Å²) >= 11 is 0. The van der Waals surface area contributed by atoms with Crippen molar-refractivity contribution >= 4 is 0 Å². The standard InChI is InChI=1S/C13H28N2O/c1-5-14(6-2)8-7-9-15-10-11-16-13(4)12(15)3/h12-13H,5-11H2,1-4H3/t12-,13+/m1/s1. The maximum Gasteiger partial charge on any atom is 0.0700 e. The maximum atomic E-state index is 5.64. The molecule has 2 atom stereocenters. The van der Waals surface area contributed by atoms with Gasteiger partial charge in [0.25, 0.3) is 0 Å². The van der Waals surface area contributed by atoms with Crippen molar-refractivity contribution in [2.45, 2.75) is 46.3 Å². The van der Waals surface area contributed by atoms with Crippen molar-refractivity contribution in [1.82, 2.24) is 9.80 Å². The van der Waals surface area contributed by atoms with Gasteiger partial charge in [-0.25, -0.2) is 0 Å². The van der Waals surface area contributed by atoms with Crippen LogP contribution in [0, 0.1) is 0 Å². The van der Waals surface area contributed by atoms with Gasteiger partial charge in [-0.1, -0.05) is 13.8 Å². The highest BCUT2D eigenvalue weighted by molar-refractivity contribution is 4.77. The summed E-state index contributed by atoms with van der Waals surface area (Å²) in [4.78, 5) is 5.06. The smallest absolute Gasteiger partial charge is 0.0700 e. The van der Waals surface area contributed by atoms with Crippen LogP contribution in [0.15, 0.2) is 0 Å². The van der Waals surface area contributed by atoms with E-state index in [2.05, 4.69) is 37.5 Å². The van der Waals surface area contributed by atoms with Crippen LogP contribution < -0.4 is 0 Å². The van der Waals surface area contributed by atoms with Gasteiger partial charge in [-0.05, 0) is 46.4 Å². The molecule has 3 nitrogen and oxygen atoms in total. The van der Waals surface area contributed by atoms with E-state index in [-0.39, 0.29) is 0 Å². The monoisotopic (exact) mass is 228 g/mol. The van der Waals surface area contributed by atoms with Crippen LogP contribution in [-0.2, 0) is 4.74 Å². The van der Waals surface area contributed by atoms with Gasteiger partial charge in [-0.3, -0.25) is 4.90 Å². The van der Waals surface area contributed by atoms with Gasteiger partial charge in [0, 0.05) is 12.6 Å². The van der Waals surface area contributed by atoms with Crippen molar-refractivity contribution in [2.24, 2.45) is 0 Å². The van der Waals surface area contributed by atoms with Crippen LogP contribution in [0.1, 0.15) is 34.1 Å². The molecule has 16 heavy (non-hydrogen) atoms. The lowest BCUT2D eigenvalue weighted by atomic mass is 10.1. The highest BCUT2D eigenvalue weighted by Crippen LogP contribution is 2.13. The number of nitrogens with zero attached hydrogens (tertiary/aromatic N) is 2. The van der Waals surface area contributed by atoms with Gasteiger partial charge in [0.15, 0.2) is 0 Å². The third-order valence-corrected chi connectivity index (χ3v) is 3.83. The molecule has 1 saturated heterocycles. The lowest BCUT2D eigenvalue weighted by molar-refractivity contribution is -0.0558. The topological polar surface area (TPSA) is 15.7 Å². The van der Waals surface area contributed by atoms with E-state index in [4.69, 9.17) is 4.74 Å². The predicted octanol–water partition coefficient (Wildman–Crippen LogP) is 1.83. The summed E-state index contributed by atoms with van der Waals surface area (Å²) in [6.45, 7) is 15.7. The van der Waals surface area contributed by atoms with Crippen LogP contribution in [-0.4, -0.2) is 61.3 Å². The summed E-state index contributed by atoms with van der Waals surface area (Å²) in [5, 5.41) is 0. The molecule has 3 heteroatoms. The Hall–Kier alpha value is -0.120. The molecule has 0 bridgehead atoms. The van der Waals surface area contributed by atoms with Crippen LogP contribution in [0.3, 0.4) is 0 Å². The summed E-state index contributed by atoms with van der Waals surface area (Å²) in [7, 11) is 0. The largest absolute Gasteiger partial charge is 0.376 e. The highest BCUT2D eigenvalue weighted by Gasteiger charge is 2.24. The van der Waals surface area contributed by atoms with Crippen LogP contribution in [0.4, 0.5) is 0 Å². The van der Waals surface area contributed by atoms with Crippen LogP contribution in [0.2, 0.25) is 0 Å². The van der Waals surface area contributed by atoms with Gasteiger partial charge in [-0.2, -0.15) is 0 Å². The Kier molecular flexibility index (Phi) is 6.32. The Morgan fingerprint density at radius 3 is 2.56 bits per heavy atom. The zero-order chi connectivity index (χ0) is 12.0. The molecule has 0 aromatic rings. The molecule has 0 aliphatic carbocycles. The second kappa shape index (κ2) is 7.25. The molecule has 0 amide bonds. The van der Waals surface area contributed by atoms with Crippen molar-refractivity contribution < 1.29 is 4.74 Å². The molecule has 0 aromatic heterocycles. The molecule has 96 valence electrons. The molecule has 1 heterocycles. The summed E-state index contributed by atoms with van der Waals surface area (Å²) < 4.78 is 5.64. The number of rotatable bonds is 6. The molecule has 0 unspecified atom stereocenters. The molecule has 0 radical (unpaired) electrons. The fourth-order valence-electron chi connectivity index (χ4n) is 2.35. The molecule has 0 spiro atoms.